The quantitative estimate of drug-likeness (QED) is 0.389. The minimum atomic E-state index is -0.458. The maximum absolute atomic E-state index is 11.4. The van der Waals surface area contributed by atoms with E-state index in [1.807, 2.05) is 72.2 Å². The summed E-state index contributed by atoms with van der Waals surface area (Å²) < 4.78 is 3.70. The monoisotopic (exact) mass is 453 g/mol. The molecule has 5 aromatic rings. The highest BCUT2D eigenvalue weighted by Crippen LogP contribution is 2.26. The summed E-state index contributed by atoms with van der Waals surface area (Å²) in [6.07, 6.45) is 7.29. The number of hydrogen-bond donors (Lipinski definition) is 2. The van der Waals surface area contributed by atoms with Gasteiger partial charge in [-0.25, -0.2) is 14.6 Å². The lowest BCUT2D eigenvalue weighted by molar-refractivity contribution is 0.100. The lowest BCUT2D eigenvalue weighted by atomic mass is 10.1. The average molecular weight is 454 g/mol. The number of imidazole rings is 1. The summed E-state index contributed by atoms with van der Waals surface area (Å²) in [6, 6.07) is 14.9. The van der Waals surface area contributed by atoms with Crippen LogP contribution in [0.4, 0.5) is 11.5 Å². The molecule has 5 rings (SSSR count). The molecule has 1 amide bonds. The largest absolute Gasteiger partial charge is 0.366 e. The van der Waals surface area contributed by atoms with Crippen LogP contribution in [0.2, 0.25) is 0 Å². The second kappa shape index (κ2) is 8.75. The van der Waals surface area contributed by atoms with E-state index in [1.165, 1.54) is 0 Å². The predicted octanol–water partition coefficient (Wildman–Crippen LogP) is 2.88. The van der Waals surface area contributed by atoms with E-state index in [1.54, 1.807) is 29.2 Å². The van der Waals surface area contributed by atoms with Gasteiger partial charge >= 0.3 is 0 Å². The van der Waals surface area contributed by atoms with Gasteiger partial charge in [0.25, 0.3) is 0 Å². The number of nitrogens with two attached hydrogens (primary N) is 1. The standard InChI is InChI=1S/C24H23N9O/c1-31(2)14-19-15-33(30-29-19)20-9-7-18(8-10-20)28-23-24-26-11-12-32(24)21(13-27-23)16-3-5-17(6-4-16)22(25)34/h3-13,15H,14H2,1-2H3,(H2,25,34)(H,27,28). The van der Waals surface area contributed by atoms with Crippen molar-refractivity contribution in [1.82, 2.24) is 34.3 Å². The van der Waals surface area contributed by atoms with E-state index in [0.29, 0.717) is 17.0 Å². The Morgan fingerprint density at radius 2 is 1.82 bits per heavy atom. The van der Waals surface area contributed by atoms with Crippen molar-refractivity contribution in [2.75, 3.05) is 19.4 Å². The summed E-state index contributed by atoms with van der Waals surface area (Å²) in [6.45, 7) is 0.733. The molecule has 3 heterocycles. The Labute approximate surface area is 195 Å². The Kier molecular flexibility index (Phi) is 5.48. The van der Waals surface area contributed by atoms with Gasteiger partial charge in [-0.3, -0.25) is 9.20 Å². The first-order valence-electron chi connectivity index (χ1n) is 10.6. The van der Waals surface area contributed by atoms with Crippen molar-refractivity contribution in [3.8, 4) is 16.9 Å². The number of carbonyl (C=O) groups is 1. The zero-order chi connectivity index (χ0) is 23.7. The first-order valence-corrected chi connectivity index (χ1v) is 10.6. The fraction of sp³-hybridized carbons (Fsp3) is 0.125. The van der Waals surface area contributed by atoms with Crippen LogP contribution in [0, 0.1) is 0 Å². The maximum atomic E-state index is 11.4. The topological polar surface area (TPSA) is 119 Å². The molecule has 34 heavy (non-hydrogen) atoms. The Morgan fingerprint density at radius 1 is 1.06 bits per heavy atom. The van der Waals surface area contributed by atoms with E-state index in [2.05, 4.69) is 25.6 Å². The van der Waals surface area contributed by atoms with Crippen LogP contribution in [0.25, 0.3) is 22.6 Å². The predicted molar refractivity (Wildman–Crippen MR) is 129 cm³/mol. The lowest BCUT2D eigenvalue weighted by Crippen LogP contribution is -2.10. The molecular formula is C24H23N9O. The third kappa shape index (κ3) is 4.21. The molecule has 0 saturated heterocycles. The Morgan fingerprint density at radius 3 is 2.53 bits per heavy atom. The molecule has 10 heteroatoms. The fourth-order valence-corrected chi connectivity index (χ4v) is 3.68. The summed E-state index contributed by atoms with van der Waals surface area (Å²) in [5, 5.41) is 11.8. The van der Waals surface area contributed by atoms with Gasteiger partial charge in [-0.05, 0) is 50.5 Å². The van der Waals surface area contributed by atoms with E-state index >= 15 is 0 Å². The zero-order valence-corrected chi connectivity index (χ0v) is 18.8. The van der Waals surface area contributed by atoms with Gasteiger partial charge in [-0.1, -0.05) is 17.3 Å². The number of primary amides is 1. The molecule has 170 valence electrons. The normalized spacial score (nSPS) is 11.3. The van der Waals surface area contributed by atoms with Crippen molar-refractivity contribution in [3.05, 3.63) is 84.6 Å². The van der Waals surface area contributed by atoms with Crippen molar-refractivity contribution in [2.24, 2.45) is 5.73 Å². The third-order valence-corrected chi connectivity index (χ3v) is 5.31. The molecule has 0 aliphatic heterocycles. The molecule has 0 aliphatic rings. The van der Waals surface area contributed by atoms with Crippen molar-refractivity contribution >= 4 is 23.1 Å². The second-order valence-corrected chi connectivity index (χ2v) is 8.12. The maximum Gasteiger partial charge on any atom is 0.248 e. The number of nitrogens with zero attached hydrogens (tertiary/aromatic N) is 7. The Bertz CT molecular complexity index is 1450. The molecule has 3 N–H and O–H groups in total. The molecule has 0 atom stereocenters. The molecule has 0 aliphatic carbocycles. The number of benzene rings is 2. The SMILES string of the molecule is CN(C)Cc1cn(-c2ccc(Nc3ncc(-c4ccc(C(N)=O)cc4)n4ccnc34)cc2)nn1. The van der Waals surface area contributed by atoms with Crippen molar-refractivity contribution in [1.29, 1.82) is 0 Å². The van der Waals surface area contributed by atoms with Crippen molar-refractivity contribution in [2.45, 2.75) is 6.54 Å². The number of hydrogen-bond acceptors (Lipinski definition) is 7. The number of fused-ring (bicyclic) bond motifs is 1. The van der Waals surface area contributed by atoms with E-state index in [0.717, 1.165) is 34.9 Å². The summed E-state index contributed by atoms with van der Waals surface area (Å²) in [5.41, 5.74) is 10.9. The molecule has 0 unspecified atom stereocenters. The first kappa shape index (κ1) is 21.3. The number of rotatable bonds is 7. The highest BCUT2D eigenvalue weighted by molar-refractivity contribution is 5.93. The number of amides is 1. The first-order chi connectivity index (χ1) is 16.5. The molecule has 2 aromatic carbocycles. The molecule has 0 bridgehead atoms. The van der Waals surface area contributed by atoms with Gasteiger partial charge in [0, 0.05) is 35.8 Å². The van der Waals surface area contributed by atoms with E-state index < -0.39 is 5.91 Å². The number of aromatic nitrogens is 6. The highest BCUT2D eigenvalue weighted by atomic mass is 16.1. The van der Waals surface area contributed by atoms with Gasteiger partial charge in [0.1, 0.15) is 0 Å². The molecular weight excluding hydrogens is 430 g/mol. The molecule has 0 spiro atoms. The molecule has 3 aromatic heterocycles. The summed E-state index contributed by atoms with van der Waals surface area (Å²) in [5.74, 6) is 0.171. The molecule has 0 saturated carbocycles. The fourth-order valence-electron chi connectivity index (χ4n) is 3.68. The minimum absolute atomic E-state index is 0.458. The van der Waals surface area contributed by atoms with Gasteiger partial charge in [0.15, 0.2) is 11.5 Å². The van der Waals surface area contributed by atoms with Crippen LogP contribution in [0.15, 0.2) is 73.3 Å². The van der Waals surface area contributed by atoms with Crippen LogP contribution in [-0.2, 0) is 6.54 Å². The number of anilines is 2. The molecule has 0 radical (unpaired) electrons. The molecule has 10 nitrogen and oxygen atoms in total. The van der Waals surface area contributed by atoms with Crippen LogP contribution in [0.3, 0.4) is 0 Å². The Hall–Kier alpha value is -4.57. The van der Waals surface area contributed by atoms with Gasteiger partial charge < -0.3 is 16.0 Å². The van der Waals surface area contributed by atoms with Crippen LogP contribution < -0.4 is 11.1 Å². The van der Waals surface area contributed by atoms with Crippen molar-refractivity contribution in [3.63, 3.8) is 0 Å². The van der Waals surface area contributed by atoms with Gasteiger partial charge in [0.05, 0.1) is 29.5 Å². The van der Waals surface area contributed by atoms with E-state index in [4.69, 9.17) is 5.73 Å². The van der Waals surface area contributed by atoms with E-state index in [9.17, 15) is 4.79 Å². The highest BCUT2D eigenvalue weighted by Gasteiger charge is 2.12. The lowest BCUT2D eigenvalue weighted by Gasteiger charge is -2.11. The third-order valence-electron chi connectivity index (χ3n) is 5.31. The number of carbonyl (C=O) groups excluding carboxylic acids is 1. The van der Waals surface area contributed by atoms with Crippen molar-refractivity contribution < 1.29 is 4.79 Å². The smallest absolute Gasteiger partial charge is 0.248 e. The summed E-state index contributed by atoms with van der Waals surface area (Å²) in [4.78, 5) is 22.5. The van der Waals surface area contributed by atoms with Gasteiger partial charge in [-0.15, -0.1) is 5.10 Å². The van der Waals surface area contributed by atoms with Crippen LogP contribution in [0.5, 0.6) is 0 Å². The van der Waals surface area contributed by atoms with Crippen LogP contribution >= 0.6 is 0 Å². The van der Waals surface area contributed by atoms with Gasteiger partial charge in [-0.2, -0.15) is 0 Å². The summed E-state index contributed by atoms with van der Waals surface area (Å²) >= 11 is 0. The Balaban J connectivity index is 1.38. The second-order valence-electron chi connectivity index (χ2n) is 8.12. The zero-order valence-electron chi connectivity index (χ0n) is 18.8. The minimum Gasteiger partial charge on any atom is -0.366 e. The van der Waals surface area contributed by atoms with Crippen LogP contribution in [0.1, 0.15) is 16.1 Å². The van der Waals surface area contributed by atoms with Crippen LogP contribution in [-0.4, -0.2) is 54.3 Å². The van der Waals surface area contributed by atoms with E-state index in [-0.39, 0.29) is 0 Å². The number of nitrogens with one attached hydrogen (secondary N) is 1. The summed E-state index contributed by atoms with van der Waals surface area (Å²) in [7, 11) is 3.99. The molecule has 0 fully saturated rings. The van der Waals surface area contributed by atoms with Gasteiger partial charge in [0.2, 0.25) is 5.91 Å². The average Bonchev–Trinajstić information content (AvgIpc) is 3.50.